The maximum Gasteiger partial charge on any atom is 0.164 e. The average molecular weight is 1810 g/mol. The summed E-state index contributed by atoms with van der Waals surface area (Å²) in [6, 6.07) is 94.0. The molecule has 2 aliphatic rings. The molecule has 682 valence electrons. The van der Waals surface area contributed by atoms with Gasteiger partial charge in [-0.2, -0.15) is 0 Å². The van der Waals surface area contributed by atoms with Crippen molar-refractivity contribution in [1.82, 2.24) is 39.9 Å². The van der Waals surface area contributed by atoms with Gasteiger partial charge in [-0.3, -0.25) is 0 Å². The highest BCUT2D eigenvalue weighted by molar-refractivity contribution is 6.08. The molecule has 0 saturated heterocycles. The minimum Gasteiger partial charge on any atom is -0.498 e. The van der Waals surface area contributed by atoms with Crippen LogP contribution in [0.15, 0.2) is 341 Å². The molecule has 0 unspecified atom stereocenters. The zero-order chi connectivity index (χ0) is 92.0. The van der Waals surface area contributed by atoms with Crippen molar-refractivity contribution in [3.8, 4) is 91.5 Å². The molecule has 15 aromatic rings. The highest BCUT2D eigenvalue weighted by Gasteiger charge is 2.29. The molecule has 5 heterocycles. The number of aromatic amines is 2. The third-order valence-electron chi connectivity index (χ3n) is 21.0. The lowest BCUT2D eigenvalue weighted by Gasteiger charge is -2.15. The molecule has 12 aromatic carbocycles. The van der Waals surface area contributed by atoms with Crippen LogP contribution in [0.4, 0.5) is 0 Å². The molecule has 0 spiro atoms. The third-order valence-corrected chi connectivity index (χ3v) is 21.0. The van der Waals surface area contributed by atoms with E-state index in [-0.39, 0.29) is 129 Å². The fourth-order valence-electron chi connectivity index (χ4n) is 14.4. The Morgan fingerprint density at radius 2 is 0.316 bits per heavy atom. The molecule has 2 aliphatic heterocycles. The number of H-pyrrole nitrogens is 2. The van der Waals surface area contributed by atoms with Gasteiger partial charge in [0.05, 0.1) is 50.1 Å². The summed E-state index contributed by atoms with van der Waals surface area (Å²) in [5.41, 5.74) is 11.1. The fourth-order valence-corrected chi connectivity index (χ4v) is 14.4. The second kappa shape index (κ2) is 48.0. The van der Waals surface area contributed by atoms with Gasteiger partial charge in [0.15, 0.2) is 69.3 Å². The van der Waals surface area contributed by atoms with Crippen LogP contribution in [0.1, 0.15) is 44.5 Å². The molecular weight excluding hydrogens is 1710 g/mol. The monoisotopic (exact) mass is 1810 g/mol. The van der Waals surface area contributed by atoms with Gasteiger partial charge in [0, 0.05) is 43.8 Å². The average Bonchev–Trinajstić information content (AvgIpc) is 1.59. The second-order valence-corrected chi connectivity index (χ2v) is 30.4. The molecule has 3 aromatic heterocycles. The fraction of sp³-hybridized carbons (Fsp3) is 0.143. The maximum atomic E-state index is 6.75. The Kier molecular flexibility index (Phi) is 32.0. The number of fused-ring (bicyclic) bond motifs is 20. The predicted molar refractivity (Wildman–Crippen MR) is 531 cm³/mol. The van der Waals surface area contributed by atoms with Gasteiger partial charge in [-0.1, -0.05) is 243 Å². The molecule has 2 N–H and O–H groups in total. The molecule has 0 aliphatic carbocycles. The van der Waals surface area contributed by atoms with Crippen LogP contribution in [-0.4, -0.2) is 146 Å². The van der Waals surface area contributed by atoms with Gasteiger partial charge in [0.1, 0.15) is 128 Å². The Hall–Kier alpha value is -17.3. The van der Waals surface area contributed by atoms with E-state index in [9.17, 15) is 0 Å². The van der Waals surface area contributed by atoms with Crippen LogP contribution in [0.2, 0.25) is 0 Å². The summed E-state index contributed by atoms with van der Waals surface area (Å²) >= 11 is 0. The van der Waals surface area contributed by atoms with Gasteiger partial charge in [-0.25, -0.2) is 29.9 Å². The molecule has 0 amide bonds. The zero-order valence-corrected chi connectivity index (χ0v) is 74.5. The molecule has 0 saturated carbocycles. The van der Waals surface area contributed by atoms with Crippen molar-refractivity contribution in [2.75, 3.05) is 106 Å². The number of benzene rings is 12. The molecule has 0 atom stereocenters. The summed E-state index contributed by atoms with van der Waals surface area (Å²) in [7, 11) is 0. The normalized spacial score (nSPS) is 11.8. The zero-order valence-electron chi connectivity index (χ0n) is 74.5. The van der Waals surface area contributed by atoms with E-state index in [1.807, 2.05) is 340 Å². The van der Waals surface area contributed by atoms with Gasteiger partial charge in [-0.05, 0) is 142 Å². The van der Waals surface area contributed by atoms with E-state index in [1.54, 1.807) is 50.1 Å². The van der Waals surface area contributed by atoms with Crippen molar-refractivity contribution < 1.29 is 75.8 Å². The van der Waals surface area contributed by atoms with Crippen molar-refractivity contribution in [3.63, 3.8) is 0 Å². The third kappa shape index (κ3) is 25.7. The van der Waals surface area contributed by atoms with Crippen LogP contribution in [0.3, 0.4) is 0 Å². The first-order chi connectivity index (χ1) is 67.5. The Bertz CT molecular complexity index is 6060. The molecule has 136 heavy (non-hydrogen) atoms. The van der Waals surface area contributed by atoms with E-state index in [4.69, 9.17) is 106 Å². The summed E-state index contributed by atoms with van der Waals surface area (Å²) in [6.07, 6.45) is 28.3. The Labute approximate surface area is 787 Å². The highest BCUT2D eigenvalue weighted by atomic mass is 16.6. The van der Waals surface area contributed by atoms with Gasteiger partial charge < -0.3 is 85.8 Å². The second-order valence-electron chi connectivity index (χ2n) is 30.4. The van der Waals surface area contributed by atoms with E-state index >= 15 is 0 Å². The Morgan fingerprint density at radius 3 is 0.471 bits per heavy atom. The van der Waals surface area contributed by atoms with Crippen LogP contribution in [-0.2, 0) is 37.9 Å². The molecule has 24 nitrogen and oxygen atoms in total. The van der Waals surface area contributed by atoms with Crippen LogP contribution in [0.5, 0.6) is 46.0 Å². The van der Waals surface area contributed by atoms with Crippen molar-refractivity contribution >= 4 is 92.7 Å². The Morgan fingerprint density at radius 1 is 0.169 bits per heavy atom. The SMILES string of the molecule is C(=C\c1ccccc1)/OCCOc1cc2c(cc1OCCO/C=C/c1ccccc1)-c1nc-2nc2[nH]c(nc3nc(nc4[nH]c(n1)c1cc(OCCO/C=C/c5ccccc5)c(OCCO/C=C/c5ccccc5)cc41)-c1cc(OCCO/C=C/c4ccccc4)c(OCCO/C=C/c4ccccc4)cc1-3)c1cc(OCCO/C=C/c3ccccc3)c(OCCO/C=C/c3ccccc3)cc21. The standard InChI is InChI=1S/C112H98N8O16/c1-9-25-81(26-10-1)41-49-121-57-65-129-97-73-89-90(74-98(97)130-66-58-122-50-42-82-27-11-2-12-28-82)106-113-105(89)117-107-91-75-99(131-67-59-123-51-43-83-29-13-3-14-30-83)100(132-68-60-124-52-44-84-31-15-4-16-32-84)76-92(91)109(114-107)119-111-95-79-103(135-71-63-127-55-47-87-37-21-7-22-38-87)104(136-72-64-128-56-48-88-39-23-8-24-40-88)80-96(95)112(116-111)120-110-94-78-102(134-70-62-126-54-46-86-35-19-6-20-36-86)101(77-93(94)108(115-110)118-106)133-69-61-125-53-45-85-33-17-5-18-34-85/h1-56,73-80H,57-72H2,(H2,113,114,115,116,117,118,119,120)/b49-41+,50-42+,51-43+,52-44+,53-45+,54-46+,55-47+,56-48+. The van der Waals surface area contributed by atoms with Crippen molar-refractivity contribution in [1.29, 1.82) is 0 Å². The Balaban J connectivity index is 0.842. The lowest BCUT2D eigenvalue weighted by molar-refractivity contribution is 0.161. The number of ether oxygens (including phenoxy) is 16. The largest absolute Gasteiger partial charge is 0.498 e. The van der Waals surface area contributed by atoms with Gasteiger partial charge in [0.2, 0.25) is 0 Å². The molecule has 0 fully saturated rings. The number of nitrogens with zero attached hydrogens (tertiary/aromatic N) is 6. The van der Waals surface area contributed by atoms with E-state index in [0.717, 1.165) is 44.5 Å². The number of aromatic nitrogens is 8. The smallest absolute Gasteiger partial charge is 0.164 e. The first-order valence-electron chi connectivity index (χ1n) is 44.7. The summed E-state index contributed by atoms with van der Waals surface area (Å²) in [5.74, 6) is 3.73. The van der Waals surface area contributed by atoms with Crippen LogP contribution in [0.25, 0.3) is 138 Å². The molecule has 0 radical (unpaired) electrons. The van der Waals surface area contributed by atoms with Crippen LogP contribution in [0, 0.1) is 0 Å². The van der Waals surface area contributed by atoms with Crippen molar-refractivity contribution in [2.45, 2.75) is 0 Å². The number of nitrogens with one attached hydrogen (secondary N) is 2. The first-order valence-corrected chi connectivity index (χ1v) is 44.7. The maximum absolute atomic E-state index is 6.75. The van der Waals surface area contributed by atoms with Gasteiger partial charge in [-0.15, -0.1) is 0 Å². The minimum absolute atomic E-state index is 0.0998. The molecule has 8 bridgehead atoms. The topological polar surface area (TPSA) is 257 Å². The van der Waals surface area contributed by atoms with E-state index in [2.05, 4.69) is 9.97 Å². The quantitative estimate of drug-likeness (QED) is 0.0265. The summed E-state index contributed by atoms with van der Waals surface area (Å²) < 4.78 is 102. The summed E-state index contributed by atoms with van der Waals surface area (Å²) in [5, 5.41) is 2.19. The summed E-state index contributed by atoms with van der Waals surface area (Å²) in [4.78, 5) is 40.4. The molecule has 17 rings (SSSR count). The molecule has 24 heteroatoms. The lowest BCUT2D eigenvalue weighted by Crippen LogP contribution is -2.08. The lowest BCUT2D eigenvalue weighted by atomic mass is 10.1. The van der Waals surface area contributed by atoms with E-state index in [0.29, 0.717) is 112 Å². The molecular formula is C112H98N8O16. The van der Waals surface area contributed by atoms with Crippen LogP contribution >= 0.6 is 0 Å². The number of hydrogen-bond acceptors (Lipinski definition) is 22. The highest BCUT2D eigenvalue weighted by Crippen LogP contribution is 2.47. The van der Waals surface area contributed by atoms with E-state index in [1.165, 1.54) is 0 Å². The van der Waals surface area contributed by atoms with Crippen LogP contribution < -0.4 is 37.9 Å². The first kappa shape index (κ1) is 90.6. The number of hydrogen-bond donors (Lipinski definition) is 2. The van der Waals surface area contributed by atoms with E-state index < -0.39 is 0 Å². The van der Waals surface area contributed by atoms with Gasteiger partial charge in [0.25, 0.3) is 0 Å². The van der Waals surface area contributed by atoms with Crippen molar-refractivity contribution in [2.24, 2.45) is 0 Å². The number of rotatable bonds is 48. The summed E-state index contributed by atoms with van der Waals surface area (Å²) in [6.45, 7) is 2.18. The van der Waals surface area contributed by atoms with Gasteiger partial charge >= 0.3 is 0 Å². The predicted octanol–water partition coefficient (Wildman–Crippen LogP) is 23.4. The van der Waals surface area contributed by atoms with Crippen molar-refractivity contribution in [3.05, 3.63) is 386 Å². The minimum atomic E-state index is 0.0998.